The van der Waals surface area contributed by atoms with Gasteiger partial charge in [0.05, 0.1) is 17.2 Å². The molecule has 3 rings (SSSR count). The standard InChI is InChI=1S/C21H24FN3O3S/c1-29(26,27)18-8-6-17(7-9-18)28-15-3-10-24-11-13-25(14-12-24)21-5-2-4-20(22)19(21)16-23/h2,4-9H,3,10-15H2,1H3. The molecule has 1 fully saturated rings. The summed E-state index contributed by atoms with van der Waals surface area (Å²) in [5, 5.41) is 9.20. The first-order valence-electron chi connectivity index (χ1n) is 9.47. The second-order valence-corrected chi connectivity index (χ2v) is 9.04. The van der Waals surface area contributed by atoms with Crippen LogP contribution in [0.4, 0.5) is 10.1 Å². The molecule has 2 aromatic rings. The lowest BCUT2D eigenvalue weighted by atomic mass is 10.1. The Balaban J connectivity index is 1.42. The summed E-state index contributed by atoms with van der Waals surface area (Å²) in [6.45, 7) is 4.58. The van der Waals surface area contributed by atoms with E-state index in [-0.39, 0.29) is 10.5 Å². The number of sulfone groups is 1. The van der Waals surface area contributed by atoms with E-state index < -0.39 is 15.7 Å². The highest BCUT2D eigenvalue weighted by Gasteiger charge is 2.20. The summed E-state index contributed by atoms with van der Waals surface area (Å²) in [6, 6.07) is 13.1. The third-order valence-electron chi connectivity index (χ3n) is 4.96. The Bertz CT molecular complexity index is 979. The molecule has 0 radical (unpaired) electrons. The fourth-order valence-electron chi connectivity index (χ4n) is 3.36. The van der Waals surface area contributed by atoms with Gasteiger partial charge in [0.25, 0.3) is 0 Å². The number of ether oxygens (including phenoxy) is 1. The number of anilines is 1. The Morgan fingerprint density at radius 1 is 1.10 bits per heavy atom. The average molecular weight is 418 g/mol. The first-order chi connectivity index (χ1) is 13.9. The van der Waals surface area contributed by atoms with Gasteiger partial charge >= 0.3 is 0 Å². The number of benzene rings is 2. The van der Waals surface area contributed by atoms with Crippen LogP contribution in [0.25, 0.3) is 0 Å². The lowest BCUT2D eigenvalue weighted by Crippen LogP contribution is -2.47. The predicted octanol–water partition coefficient (Wildman–Crippen LogP) is 2.69. The quantitative estimate of drug-likeness (QED) is 0.645. The smallest absolute Gasteiger partial charge is 0.175 e. The van der Waals surface area contributed by atoms with Gasteiger partial charge in [0.15, 0.2) is 9.84 Å². The molecule has 1 heterocycles. The average Bonchev–Trinajstić information content (AvgIpc) is 2.71. The van der Waals surface area contributed by atoms with Crippen molar-refractivity contribution in [2.75, 3.05) is 50.5 Å². The van der Waals surface area contributed by atoms with Crippen molar-refractivity contribution < 1.29 is 17.5 Å². The number of nitrogens with zero attached hydrogens (tertiary/aromatic N) is 3. The monoisotopic (exact) mass is 417 g/mol. The van der Waals surface area contributed by atoms with Gasteiger partial charge in [-0.2, -0.15) is 5.26 Å². The second kappa shape index (κ2) is 9.25. The molecule has 1 aliphatic rings. The maximum Gasteiger partial charge on any atom is 0.175 e. The minimum absolute atomic E-state index is 0.108. The Kier molecular flexibility index (Phi) is 6.72. The van der Waals surface area contributed by atoms with Crippen LogP contribution in [0.5, 0.6) is 5.75 Å². The number of hydrogen-bond donors (Lipinski definition) is 0. The van der Waals surface area contributed by atoms with Crippen LogP contribution in [0.1, 0.15) is 12.0 Å². The molecule has 1 aliphatic heterocycles. The Morgan fingerprint density at radius 2 is 1.79 bits per heavy atom. The van der Waals surface area contributed by atoms with Crippen molar-refractivity contribution in [3.05, 3.63) is 53.8 Å². The van der Waals surface area contributed by atoms with E-state index in [2.05, 4.69) is 9.80 Å². The number of hydrogen-bond acceptors (Lipinski definition) is 6. The van der Waals surface area contributed by atoms with Gasteiger partial charge in [0, 0.05) is 39.0 Å². The molecule has 0 bridgehead atoms. The van der Waals surface area contributed by atoms with Gasteiger partial charge in [-0.05, 0) is 42.8 Å². The van der Waals surface area contributed by atoms with Crippen LogP contribution in [-0.2, 0) is 9.84 Å². The SMILES string of the molecule is CS(=O)(=O)c1ccc(OCCCN2CCN(c3cccc(F)c3C#N)CC2)cc1. The molecule has 0 N–H and O–H groups in total. The van der Waals surface area contributed by atoms with E-state index in [9.17, 15) is 18.1 Å². The lowest BCUT2D eigenvalue weighted by Gasteiger charge is -2.36. The number of nitriles is 1. The third-order valence-corrected chi connectivity index (χ3v) is 6.08. The third kappa shape index (κ3) is 5.46. The van der Waals surface area contributed by atoms with Crippen molar-refractivity contribution in [3.63, 3.8) is 0 Å². The zero-order chi connectivity index (χ0) is 20.9. The van der Waals surface area contributed by atoms with Crippen LogP contribution < -0.4 is 9.64 Å². The topological polar surface area (TPSA) is 73.6 Å². The van der Waals surface area contributed by atoms with Gasteiger partial charge < -0.3 is 9.64 Å². The largest absolute Gasteiger partial charge is 0.494 e. The second-order valence-electron chi connectivity index (χ2n) is 7.02. The summed E-state index contributed by atoms with van der Waals surface area (Å²) >= 11 is 0. The van der Waals surface area contributed by atoms with Gasteiger partial charge in [0.2, 0.25) is 0 Å². The first-order valence-corrected chi connectivity index (χ1v) is 11.4. The van der Waals surface area contributed by atoms with Crippen molar-refractivity contribution >= 4 is 15.5 Å². The van der Waals surface area contributed by atoms with Gasteiger partial charge in [-0.25, -0.2) is 12.8 Å². The van der Waals surface area contributed by atoms with Crippen LogP contribution >= 0.6 is 0 Å². The summed E-state index contributed by atoms with van der Waals surface area (Å²) in [4.78, 5) is 4.65. The molecule has 0 saturated carbocycles. The van der Waals surface area contributed by atoms with Crippen molar-refractivity contribution in [1.82, 2.24) is 4.90 Å². The molecule has 154 valence electrons. The van der Waals surface area contributed by atoms with E-state index >= 15 is 0 Å². The van der Waals surface area contributed by atoms with E-state index in [1.807, 2.05) is 6.07 Å². The summed E-state index contributed by atoms with van der Waals surface area (Å²) in [5.74, 6) is 0.173. The maximum atomic E-state index is 13.8. The summed E-state index contributed by atoms with van der Waals surface area (Å²) in [6.07, 6.45) is 2.02. The van der Waals surface area contributed by atoms with Crippen molar-refractivity contribution in [1.29, 1.82) is 5.26 Å². The molecule has 0 aromatic heterocycles. The van der Waals surface area contributed by atoms with Crippen LogP contribution in [-0.4, -0.2) is 58.9 Å². The molecule has 8 heteroatoms. The van der Waals surface area contributed by atoms with Gasteiger partial charge in [0.1, 0.15) is 23.2 Å². The molecule has 6 nitrogen and oxygen atoms in total. The molecular weight excluding hydrogens is 393 g/mol. The number of halogens is 1. The molecular formula is C21H24FN3O3S. The van der Waals surface area contributed by atoms with E-state index in [1.165, 1.54) is 12.3 Å². The summed E-state index contributed by atoms with van der Waals surface area (Å²) in [5.41, 5.74) is 0.768. The van der Waals surface area contributed by atoms with Gasteiger partial charge in [-0.1, -0.05) is 6.07 Å². The fraction of sp³-hybridized carbons (Fsp3) is 0.381. The van der Waals surface area contributed by atoms with Crippen LogP contribution in [0.15, 0.2) is 47.4 Å². The molecule has 2 aromatic carbocycles. The highest BCUT2D eigenvalue weighted by atomic mass is 32.2. The van der Waals surface area contributed by atoms with Gasteiger partial charge in [-0.15, -0.1) is 0 Å². The maximum absolute atomic E-state index is 13.8. The predicted molar refractivity (Wildman–Crippen MR) is 109 cm³/mol. The van der Waals surface area contributed by atoms with Crippen molar-refractivity contribution in [2.24, 2.45) is 0 Å². The fourth-order valence-corrected chi connectivity index (χ4v) is 3.99. The van der Waals surface area contributed by atoms with Crippen LogP contribution in [0.2, 0.25) is 0 Å². The van der Waals surface area contributed by atoms with Crippen LogP contribution in [0.3, 0.4) is 0 Å². The Labute approximate surface area is 171 Å². The van der Waals surface area contributed by atoms with Crippen molar-refractivity contribution in [3.8, 4) is 11.8 Å². The molecule has 0 amide bonds. The minimum atomic E-state index is -3.20. The van der Waals surface area contributed by atoms with E-state index in [4.69, 9.17) is 4.74 Å². The molecule has 29 heavy (non-hydrogen) atoms. The summed E-state index contributed by atoms with van der Waals surface area (Å²) < 4.78 is 42.4. The number of piperazine rings is 1. The lowest BCUT2D eigenvalue weighted by molar-refractivity contribution is 0.224. The normalized spacial score (nSPS) is 15.1. The zero-order valence-electron chi connectivity index (χ0n) is 16.3. The highest BCUT2D eigenvalue weighted by Crippen LogP contribution is 2.23. The molecule has 0 spiro atoms. The van der Waals surface area contributed by atoms with E-state index in [0.29, 0.717) is 18.0 Å². The first kappa shape index (κ1) is 21.1. The van der Waals surface area contributed by atoms with Crippen molar-refractivity contribution in [2.45, 2.75) is 11.3 Å². The highest BCUT2D eigenvalue weighted by molar-refractivity contribution is 7.90. The Hall–Kier alpha value is -2.63. The van der Waals surface area contributed by atoms with E-state index in [0.717, 1.165) is 39.1 Å². The zero-order valence-corrected chi connectivity index (χ0v) is 17.2. The molecule has 0 unspecified atom stereocenters. The molecule has 0 atom stereocenters. The minimum Gasteiger partial charge on any atom is -0.494 e. The van der Waals surface area contributed by atoms with Crippen LogP contribution in [0, 0.1) is 17.1 Å². The van der Waals surface area contributed by atoms with E-state index in [1.54, 1.807) is 36.4 Å². The number of rotatable bonds is 7. The Morgan fingerprint density at radius 3 is 2.41 bits per heavy atom. The van der Waals surface area contributed by atoms with Gasteiger partial charge in [-0.3, -0.25) is 4.90 Å². The molecule has 0 aliphatic carbocycles. The molecule has 1 saturated heterocycles. The summed E-state index contributed by atoms with van der Waals surface area (Å²) in [7, 11) is -3.20.